The smallest absolute Gasteiger partial charge is 0.292 e. The van der Waals surface area contributed by atoms with E-state index in [1.165, 1.54) is 0 Å². The van der Waals surface area contributed by atoms with Gasteiger partial charge in [0.15, 0.2) is 11.6 Å². The van der Waals surface area contributed by atoms with Crippen molar-refractivity contribution in [3.05, 3.63) is 99.0 Å². The molecule has 0 spiro atoms. The largest absolute Gasteiger partial charge is 0.484 e. The van der Waals surface area contributed by atoms with Crippen LogP contribution in [0.4, 0.5) is 5.82 Å². The molecule has 0 radical (unpaired) electrons. The molecule has 31 heavy (non-hydrogen) atoms. The van der Waals surface area contributed by atoms with Crippen molar-refractivity contribution in [1.82, 2.24) is 9.78 Å². The summed E-state index contributed by atoms with van der Waals surface area (Å²) in [6.07, 6.45) is 1.65. The molecule has 1 N–H and O–H groups in total. The molecule has 2 aromatic carbocycles. The summed E-state index contributed by atoms with van der Waals surface area (Å²) in [6.45, 7) is 0.632. The van der Waals surface area contributed by atoms with Crippen molar-refractivity contribution >= 4 is 46.5 Å². The molecule has 0 atom stereocenters. The number of ether oxygens (including phenoxy) is 1. The molecular weight excluding hydrogens is 461 g/mol. The highest BCUT2D eigenvalue weighted by molar-refractivity contribution is 6.35. The van der Waals surface area contributed by atoms with Gasteiger partial charge in [-0.25, -0.2) is 0 Å². The molecule has 158 valence electrons. The van der Waals surface area contributed by atoms with Crippen LogP contribution in [0.15, 0.2) is 71.3 Å². The van der Waals surface area contributed by atoms with Crippen molar-refractivity contribution in [3.63, 3.8) is 0 Å². The van der Waals surface area contributed by atoms with Gasteiger partial charge in [-0.3, -0.25) is 9.48 Å². The molecule has 0 aliphatic heterocycles. The van der Waals surface area contributed by atoms with Gasteiger partial charge in [-0.05, 0) is 35.9 Å². The van der Waals surface area contributed by atoms with Crippen LogP contribution in [-0.4, -0.2) is 15.7 Å². The maximum Gasteiger partial charge on any atom is 0.292 e. The zero-order chi connectivity index (χ0) is 21.8. The van der Waals surface area contributed by atoms with Crippen molar-refractivity contribution in [2.45, 2.75) is 13.2 Å². The van der Waals surface area contributed by atoms with E-state index in [9.17, 15) is 4.79 Å². The van der Waals surface area contributed by atoms with Gasteiger partial charge < -0.3 is 14.5 Å². The predicted molar refractivity (Wildman–Crippen MR) is 120 cm³/mol. The number of hydrogen-bond acceptors (Lipinski definition) is 4. The van der Waals surface area contributed by atoms with Crippen LogP contribution in [0.25, 0.3) is 0 Å². The average molecular weight is 477 g/mol. The number of carbonyl (C=O) groups excluding carboxylic acids is 1. The van der Waals surface area contributed by atoms with E-state index < -0.39 is 5.91 Å². The Bertz CT molecular complexity index is 1210. The molecule has 6 nitrogen and oxygen atoms in total. The SMILES string of the molecule is O=C(Nc1nn(Cc2ccccc2)cc1Cl)c1ccc(COc2ccc(Cl)cc2Cl)o1. The molecule has 0 saturated heterocycles. The van der Waals surface area contributed by atoms with Crippen LogP contribution in [0.5, 0.6) is 5.75 Å². The van der Waals surface area contributed by atoms with Gasteiger partial charge in [0.25, 0.3) is 5.91 Å². The summed E-state index contributed by atoms with van der Waals surface area (Å²) in [5.74, 6) is 0.808. The number of rotatable bonds is 7. The Kier molecular flexibility index (Phi) is 6.51. The lowest BCUT2D eigenvalue weighted by Crippen LogP contribution is -2.12. The molecule has 2 aromatic heterocycles. The minimum atomic E-state index is -0.470. The first kappa shape index (κ1) is 21.3. The van der Waals surface area contributed by atoms with Crippen molar-refractivity contribution in [2.24, 2.45) is 0 Å². The van der Waals surface area contributed by atoms with Crippen molar-refractivity contribution in [1.29, 1.82) is 0 Å². The van der Waals surface area contributed by atoms with E-state index in [0.717, 1.165) is 5.56 Å². The Morgan fingerprint density at radius 2 is 1.84 bits per heavy atom. The zero-order valence-electron chi connectivity index (χ0n) is 16.0. The number of hydrogen-bond donors (Lipinski definition) is 1. The van der Waals surface area contributed by atoms with E-state index in [1.807, 2.05) is 30.3 Å². The summed E-state index contributed by atoms with van der Waals surface area (Å²) >= 11 is 18.2. The van der Waals surface area contributed by atoms with Crippen LogP contribution < -0.4 is 10.1 Å². The highest BCUT2D eigenvalue weighted by atomic mass is 35.5. The van der Waals surface area contributed by atoms with Crippen LogP contribution in [0.1, 0.15) is 21.9 Å². The number of aromatic nitrogens is 2. The fraction of sp³-hybridized carbons (Fsp3) is 0.0909. The number of nitrogens with one attached hydrogen (secondary N) is 1. The fourth-order valence-corrected chi connectivity index (χ4v) is 3.48. The Morgan fingerprint density at radius 3 is 2.61 bits per heavy atom. The number of furan rings is 1. The van der Waals surface area contributed by atoms with Crippen LogP contribution in [-0.2, 0) is 13.2 Å². The number of nitrogens with zero attached hydrogens (tertiary/aromatic N) is 2. The predicted octanol–water partition coefficient (Wildman–Crippen LogP) is 6.32. The summed E-state index contributed by atoms with van der Waals surface area (Å²) in [7, 11) is 0. The topological polar surface area (TPSA) is 69.3 Å². The van der Waals surface area contributed by atoms with E-state index in [4.69, 9.17) is 44.0 Å². The normalized spacial score (nSPS) is 10.8. The number of anilines is 1. The molecule has 1 amide bonds. The van der Waals surface area contributed by atoms with E-state index in [2.05, 4.69) is 10.4 Å². The Labute approximate surface area is 193 Å². The molecule has 0 fully saturated rings. The third-order valence-electron chi connectivity index (χ3n) is 4.29. The minimum Gasteiger partial charge on any atom is -0.484 e. The maximum atomic E-state index is 12.5. The van der Waals surface area contributed by atoms with Gasteiger partial charge in [-0.15, -0.1) is 0 Å². The number of halogens is 3. The molecular formula is C22H16Cl3N3O3. The van der Waals surface area contributed by atoms with Gasteiger partial charge in [-0.2, -0.15) is 5.10 Å². The van der Waals surface area contributed by atoms with Gasteiger partial charge in [0.05, 0.1) is 11.6 Å². The molecule has 0 saturated carbocycles. The zero-order valence-corrected chi connectivity index (χ0v) is 18.3. The lowest BCUT2D eigenvalue weighted by atomic mass is 10.2. The fourth-order valence-electron chi connectivity index (χ4n) is 2.82. The second-order valence-corrected chi connectivity index (χ2v) is 7.84. The summed E-state index contributed by atoms with van der Waals surface area (Å²) in [6, 6.07) is 17.9. The van der Waals surface area contributed by atoms with Gasteiger partial charge in [0, 0.05) is 11.2 Å². The first-order chi connectivity index (χ1) is 15.0. The van der Waals surface area contributed by atoms with E-state index in [-0.39, 0.29) is 18.2 Å². The van der Waals surface area contributed by atoms with E-state index >= 15 is 0 Å². The third kappa shape index (κ3) is 5.41. The quantitative estimate of drug-likeness (QED) is 0.339. The Balaban J connectivity index is 1.38. The highest BCUT2D eigenvalue weighted by Gasteiger charge is 2.16. The number of carbonyl (C=O) groups is 1. The van der Waals surface area contributed by atoms with Crippen molar-refractivity contribution in [3.8, 4) is 5.75 Å². The van der Waals surface area contributed by atoms with Gasteiger partial charge in [-0.1, -0.05) is 65.1 Å². The lowest BCUT2D eigenvalue weighted by Gasteiger charge is -2.06. The molecule has 0 bridgehead atoms. The van der Waals surface area contributed by atoms with Gasteiger partial charge in [0.1, 0.15) is 23.1 Å². The number of benzene rings is 2. The molecule has 0 aliphatic carbocycles. The summed E-state index contributed by atoms with van der Waals surface area (Å²) < 4.78 is 12.8. The van der Waals surface area contributed by atoms with Crippen LogP contribution in [0.2, 0.25) is 15.1 Å². The second-order valence-electron chi connectivity index (χ2n) is 6.59. The third-order valence-corrected chi connectivity index (χ3v) is 5.09. The van der Waals surface area contributed by atoms with Gasteiger partial charge >= 0.3 is 0 Å². The molecule has 9 heteroatoms. The minimum absolute atomic E-state index is 0.0983. The van der Waals surface area contributed by atoms with Gasteiger partial charge in [0.2, 0.25) is 0 Å². The standard InChI is InChI=1S/C22H16Cl3N3O3/c23-15-6-8-19(17(24)10-15)30-13-16-7-9-20(31-16)22(29)26-21-18(25)12-28(27-21)11-14-4-2-1-3-5-14/h1-10,12H,11,13H2,(H,26,27,29). The number of amides is 1. The van der Waals surface area contributed by atoms with Crippen LogP contribution >= 0.6 is 34.8 Å². The van der Waals surface area contributed by atoms with E-state index in [1.54, 1.807) is 41.2 Å². The molecule has 0 unspecified atom stereocenters. The summed E-state index contributed by atoms with van der Waals surface area (Å²) in [5.41, 5.74) is 1.07. The van der Waals surface area contributed by atoms with Crippen LogP contribution in [0.3, 0.4) is 0 Å². The Hall–Kier alpha value is -2.93. The van der Waals surface area contributed by atoms with Crippen LogP contribution in [0, 0.1) is 0 Å². The molecule has 2 heterocycles. The second kappa shape index (κ2) is 9.47. The highest BCUT2D eigenvalue weighted by Crippen LogP contribution is 2.28. The molecule has 4 aromatic rings. The average Bonchev–Trinajstić information content (AvgIpc) is 3.35. The maximum absolute atomic E-state index is 12.5. The lowest BCUT2D eigenvalue weighted by molar-refractivity contribution is 0.0992. The Morgan fingerprint density at radius 1 is 1.03 bits per heavy atom. The molecule has 4 rings (SSSR count). The summed E-state index contributed by atoms with van der Waals surface area (Å²) in [5, 5.41) is 8.22. The summed E-state index contributed by atoms with van der Waals surface area (Å²) in [4.78, 5) is 12.5. The first-order valence-electron chi connectivity index (χ1n) is 9.23. The first-order valence-corrected chi connectivity index (χ1v) is 10.4. The van der Waals surface area contributed by atoms with Crippen molar-refractivity contribution in [2.75, 3.05) is 5.32 Å². The van der Waals surface area contributed by atoms with Crippen molar-refractivity contribution < 1.29 is 13.9 Å². The van der Waals surface area contributed by atoms with E-state index in [0.29, 0.717) is 33.1 Å². The molecule has 0 aliphatic rings. The monoisotopic (exact) mass is 475 g/mol.